The molecule has 23 heavy (non-hydrogen) atoms. The molecule has 0 spiro atoms. The molecule has 1 fully saturated rings. The fourth-order valence-electron chi connectivity index (χ4n) is 2.75. The van der Waals surface area contributed by atoms with Gasteiger partial charge in [0, 0.05) is 37.2 Å². The fourth-order valence-corrected chi connectivity index (χ4v) is 2.75. The minimum Gasteiger partial charge on any atom is -0.380 e. The van der Waals surface area contributed by atoms with Gasteiger partial charge in [0.1, 0.15) is 0 Å². The van der Waals surface area contributed by atoms with Crippen molar-refractivity contribution in [2.24, 2.45) is 0 Å². The number of piperidine rings is 1. The molecule has 0 amide bonds. The van der Waals surface area contributed by atoms with Gasteiger partial charge in [0.05, 0.1) is 12.4 Å². The molecular weight excluding hydrogens is 309 g/mol. The van der Waals surface area contributed by atoms with Crippen molar-refractivity contribution in [3.63, 3.8) is 0 Å². The Morgan fingerprint density at radius 1 is 1.09 bits per heavy atom. The van der Waals surface area contributed by atoms with E-state index in [2.05, 4.69) is 10.1 Å². The zero-order valence-electron chi connectivity index (χ0n) is 12.4. The summed E-state index contributed by atoms with van der Waals surface area (Å²) < 4.78 is 40.2. The van der Waals surface area contributed by atoms with Crippen LogP contribution in [0.1, 0.15) is 12.8 Å². The molecular formula is C15H17F3N4O. The van der Waals surface area contributed by atoms with Crippen molar-refractivity contribution < 1.29 is 18.3 Å². The Balaban J connectivity index is 1.68. The highest BCUT2D eigenvalue weighted by Crippen LogP contribution is 2.38. The van der Waals surface area contributed by atoms with Gasteiger partial charge in [-0.15, -0.1) is 0 Å². The normalized spacial score (nSPS) is 19.0. The zero-order valence-corrected chi connectivity index (χ0v) is 12.4. The molecule has 0 unspecified atom stereocenters. The first-order valence-corrected chi connectivity index (χ1v) is 7.33. The van der Waals surface area contributed by atoms with Gasteiger partial charge in [-0.05, 0) is 31.0 Å². The topological polar surface area (TPSA) is 54.2 Å². The van der Waals surface area contributed by atoms with E-state index in [0.717, 1.165) is 11.3 Å². The molecule has 124 valence electrons. The number of rotatable bonds is 3. The quantitative estimate of drug-likeness (QED) is 0.940. The standard InChI is InChI=1S/C15H17F3N4O/c16-15(17,18)14(23)4-9-21(10-5-14)11-22-13(3-8-20-22)12-1-6-19-7-2-12/h1-3,6-8,23H,4-5,9-11H2. The molecule has 3 heterocycles. The molecule has 1 aliphatic rings. The van der Waals surface area contributed by atoms with Crippen LogP contribution in [0.25, 0.3) is 11.3 Å². The predicted octanol–water partition coefficient (Wildman–Crippen LogP) is 2.29. The molecule has 0 bridgehead atoms. The number of aromatic nitrogens is 3. The van der Waals surface area contributed by atoms with Crippen LogP contribution >= 0.6 is 0 Å². The molecule has 2 aromatic rings. The van der Waals surface area contributed by atoms with E-state index >= 15 is 0 Å². The molecule has 1 aliphatic heterocycles. The minimum absolute atomic E-state index is 0.172. The summed E-state index contributed by atoms with van der Waals surface area (Å²) in [6.45, 7) is 0.732. The van der Waals surface area contributed by atoms with E-state index in [-0.39, 0.29) is 25.9 Å². The molecule has 8 heteroatoms. The summed E-state index contributed by atoms with van der Waals surface area (Å²) in [4.78, 5) is 5.82. The van der Waals surface area contributed by atoms with Gasteiger partial charge in [-0.1, -0.05) is 0 Å². The number of hydrogen-bond donors (Lipinski definition) is 1. The summed E-state index contributed by atoms with van der Waals surface area (Å²) in [7, 11) is 0. The van der Waals surface area contributed by atoms with Crippen molar-refractivity contribution in [3.05, 3.63) is 36.8 Å². The fraction of sp³-hybridized carbons (Fsp3) is 0.467. The third-order valence-electron chi connectivity index (χ3n) is 4.24. The molecule has 0 aliphatic carbocycles. The Kier molecular flexibility index (Phi) is 4.11. The molecule has 0 radical (unpaired) electrons. The van der Waals surface area contributed by atoms with E-state index in [1.54, 1.807) is 23.3 Å². The van der Waals surface area contributed by atoms with Gasteiger partial charge in [-0.3, -0.25) is 14.6 Å². The average molecular weight is 326 g/mol. The summed E-state index contributed by atoms with van der Waals surface area (Å²) >= 11 is 0. The van der Waals surface area contributed by atoms with Gasteiger partial charge in [0.15, 0.2) is 5.60 Å². The Bertz CT molecular complexity index is 648. The second-order valence-electron chi connectivity index (χ2n) is 5.74. The summed E-state index contributed by atoms with van der Waals surface area (Å²) in [5.41, 5.74) is -0.744. The van der Waals surface area contributed by atoms with Crippen LogP contribution in [0.4, 0.5) is 13.2 Å². The largest absolute Gasteiger partial charge is 0.417 e. The van der Waals surface area contributed by atoms with E-state index in [1.165, 1.54) is 0 Å². The van der Waals surface area contributed by atoms with Crippen molar-refractivity contribution in [1.82, 2.24) is 19.7 Å². The van der Waals surface area contributed by atoms with Crippen LogP contribution in [0.3, 0.4) is 0 Å². The number of likely N-dealkylation sites (tertiary alicyclic amines) is 1. The molecule has 0 aromatic carbocycles. The maximum Gasteiger partial charge on any atom is 0.417 e. The van der Waals surface area contributed by atoms with Crippen molar-refractivity contribution in [2.45, 2.75) is 31.3 Å². The van der Waals surface area contributed by atoms with Crippen molar-refractivity contribution in [2.75, 3.05) is 13.1 Å². The van der Waals surface area contributed by atoms with E-state index in [9.17, 15) is 18.3 Å². The first kappa shape index (κ1) is 15.9. The number of halogens is 3. The molecule has 1 saturated heterocycles. The van der Waals surface area contributed by atoms with E-state index in [4.69, 9.17) is 0 Å². The lowest BCUT2D eigenvalue weighted by Crippen LogP contribution is -2.53. The summed E-state index contributed by atoms with van der Waals surface area (Å²) in [6, 6.07) is 5.56. The maximum absolute atomic E-state index is 12.8. The Hall–Kier alpha value is -1.93. The lowest BCUT2D eigenvalue weighted by atomic mass is 9.91. The van der Waals surface area contributed by atoms with Crippen LogP contribution in [0.15, 0.2) is 36.8 Å². The SMILES string of the molecule is OC1(C(F)(F)F)CCN(Cn2nccc2-c2ccncc2)CC1. The van der Waals surface area contributed by atoms with Crippen LogP contribution in [-0.4, -0.2) is 49.6 Å². The smallest absolute Gasteiger partial charge is 0.380 e. The second-order valence-corrected chi connectivity index (χ2v) is 5.74. The average Bonchev–Trinajstić information content (AvgIpc) is 2.98. The van der Waals surface area contributed by atoms with Crippen LogP contribution in [0.5, 0.6) is 0 Å². The Labute approximate surface area is 131 Å². The van der Waals surface area contributed by atoms with E-state index in [1.807, 2.05) is 23.1 Å². The van der Waals surface area contributed by atoms with Gasteiger partial charge in [0.25, 0.3) is 0 Å². The predicted molar refractivity (Wildman–Crippen MR) is 77.3 cm³/mol. The molecule has 0 atom stereocenters. The second kappa shape index (κ2) is 5.93. The van der Waals surface area contributed by atoms with Crippen LogP contribution in [-0.2, 0) is 6.67 Å². The van der Waals surface area contributed by atoms with Crippen LogP contribution in [0, 0.1) is 0 Å². The van der Waals surface area contributed by atoms with E-state index in [0.29, 0.717) is 6.67 Å². The maximum atomic E-state index is 12.8. The highest BCUT2D eigenvalue weighted by Gasteiger charge is 2.54. The van der Waals surface area contributed by atoms with Crippen molar-refractivity contribution in [1.29, 1.82) is 0 Å². The highest BCUT2D eigenvalue weighted by atomic mass is 19.4. The molecule has 2 aromatic heterocycles. The van der Waals surface area contributed by atoms with E-state index < -0.39 is 11.8 Å². The lowest BCUT2D eigenvalue weighted by Gasteiger charge is -2.39. The third-order valence-corrected chi connectivity index (χ3v) is 4.24. The first-order valence-electron chi connectivity index (χ1n) is 7.33. The number of alkyl halides is 3. The number of hydrogen-bond acceptors (Lipinski definition) is 4. The Morgan fingerprint density at radius 2 is 1.74 bits per heavy atom. The summed E-state index contributed by atoms with van der Waals surface area (Å²) in [6.07, 6.45) is -0.197. The monoisotopic (exact) mass is 326 g/mol. The van der Waals surface area contributed by atoms with Gasteiger partial charge >= 0.3 is 6.18 Å². The van der Waals surface area contributed by atoms with Crippen molar-refractivity contribution in [3.8, 4) is 11.3 Å². The van der Waals surface area contributed by atoms with Gasteiger partial charge < -0.3 is 5.11 Å². The molecule has 5 nitrogen and oxygen atoms in total. The minimum atomic E-state index is -4.58. The zero-order chi connectivity index (χ0) is 16.5. The molecule has 0 saturated carbocycles. The van der Waals surface area contributed by atoms with Crippen LogP contribution < -0.4 is 0 Å². The molecule has 1 N–H and O–H groups in total. The summed E-state index contributed by atoms with van der Waals surface area (Å²) in [5.74, 6) is 0. The van der Waals surface area contributed by atoms with Gasteiger partial charge in [0.2, 0.25) is 0 Å². The lowest BCUT2D eigenvalue weighted by molar-refractivity contribution is -0.273. The van der Waals surface area contributed by atoms with Gasteiger partial charge in [-0.25, -0.2) is 0 Å². The first-order chi connectivity index (χ1) is 10.9. The number of nitrogens with zero attached hydrogens (tertiary/aromatic N) is 4. The Morgan fingerprint density at radius 3 is 2.35 bits per heavy atom. The van der Waals surface area contributed by atoms with Crippen LogP contribution in [0.2, 0.25) is 0 Å². The molecule has 3 rings (SSSR count). The van der Waals surface area contributed by atoms with Gasteiger partial charge in [-0.2, -0.15) is 18.3 Å². The number of pyridine rings is 1. The van der Waals surface area contributed by atoms with Crippen molar-refractivity contribution >= 4 is 0 Å². The summed E-state index contributed by atoms with van der Waals surface area (Å²) in [5, 5.41) is 13.9. The highest BCUT2D eigenvalue weighted by molar-refractivity contribution is 5.58. The third kappa shape index (κ3) is 3.23. The number of aliphatic hydroxyl groups is 1.